The van der Waals surface area contributed by atoms with Gasteiger partial charge in [0.1, 0.15) is 5.75 Å². The molecule has 120 valence electrons. The third-order valence-electron chi connectivity index (χ3n) is 3.57. The molecule has 0 aliphatic carbocycles. The van der Waals surface area contributed by atoms with Crippen molar-refractivity contribution in [2.24, 2.45) is 0 Å². The lowest BCUT2D eigenvalue weighted by atomic mass is 10.2. The Morgan fingerprint density at radius 2 is 1.83 bits per heavy atom. The summed E-state index contributed by atoms with van der Waals surface area (Å²) in [5.74, 6) is 1.69. The van der Waals surface area contributed by atoms with Crippen LogP contribution in [0.1, 0.15) is 18.5 Å². The molecule has 1 aromatic heterocycles. The number of fused-ring (bicyclic) bond motifs is 1. The van der Waals surface area contributed by atoms with Gasteiger partial charge in [-0.2, -0.15) is 5.26 Å². The summed E-state index contributed by atoms with van der Waals surface area (Å²) in [5, 5.41) is 9.67. The number of unbranched alkanes of at least 4 members (excludes halogenated alkanes) is 1. The van der Waals surface area contributed by atoms with E-state index in [-0.39, 0.29) is 0 Å². The second-order valence-corrected chi connectivity index (χ2v) is 6.41. The molecular weight excluding hydrogens is 316 g/mol. The van der Waals surface area contributed by atoms with E-state index in [1.807, 2.05) is 30.3 Å². The molecule has 3 nitrogen and oxygen atoms in total. The Balaban J connectivity index is 1.54. The van der Waals surface area contributed by atoms with Crippen LogP contribution in [0.25, 0.3) is 10.9 Å². The summed E-state index contributed by atoms with van der Waals surface area (Å²) >= 11 is 1.76. The van der Waals surface area contributed by atoms with E-state index in [4.69, 9.17) is 15.0 Å². The highest BCUT2D eigenvalue weighted by molar-refractivity contribution is 7.98. The minimum Gasteiger partial charge on any atom is -0.494 e. The number of ether oxygens (including phenoxy) is 1. The van der Waals surface area contributed by atoms with Crippen molar-refractivity contribution < 1.29 is 4.74 Å². The van der Waals surface area contributed by atoms with Crippen LogP contribution in [0.5, 0.6) is 5.75 Å². The van der Waals surface area contributed by atoms with Crippen LogP contribution >= 0.6 is 11.8 Å². The Labute approximate surface area is 146 Å². The Hall–Kier alpha value is -2.51. The molecule has 0 radical (unpaired) electrons. The van der Waals surface area contributed by atoms with Gasteiger partial charge in [-0.15, -0.1) is 11.8 Å². The first-order valence-electron chi connectivity index (χ1n) is 7.92. The summed E-state index contributed by atoms with van der Waals surface area (Å²) in [5.41, 5.74) is 2.12. The number of para-hydroxylation sites is 1. The molecule has 0 saturated carbocycles. The summed E-state index contributed by atoms with van der Waals surface area (Å²) in [7, 11) is 0. The molecule has 0 bridgehead atoms. The van der Waals surface area contributed by atoms with Crippen molar-refractivity contribution in [3.8, 4) is 11.8 Å². The van der Waals surface area contributed by atoms with E-state index >= 15 is 0 Å². The van der Waals surface area contributed by atoms with Gasteiger partial charge in [-0.25, -0.2) is 0 Å². The first-order valence-corrected chi connectivity index (χ1v) is 8.91. The first kappa shape index (κ1) is 16.4. The highest BCUT2D eigenvalue weighted by atomic mass is 32.2. The first-order chi connectivity index (χ1) is 11.8. The zero-order chi connectivity index (χ0) is 16.6. The lowest BCUT2D eigenvalue weighted by molar-refractivity contribution is 0.312. The van der Waals surface area contributed by atoms with E-state index in [9.17, 15) is 0 Å². The maximum atomic E-state index is 8.50. The van der Waals surface area contributed by atoms with Crippen LogP contribution in [-0.2, 0) is 5.75 Å². The number of pyridine rings is 1. The molecule has 24 heavy (non-hydrogen) atoms. The average molecular weight is 334 g/mol. The van der Waals surface area contributed by atoms with E-state index in [0.717, 1.165) is 29.1 Å². The number of hydrogen-bond donors (Lipinski definition) is 0. The van der Waals surface area contributed by atoms with Crippen molar-refractivity contribution >= 4 is 22.7 Å². The third kappa shape index (κ3) is 4.50. The van der Waals surface area contributed by atoms with Gasteiger partial charge in [-0.1, -0.05) is 24.3 Å². The summed E-state index contributed by atoms with van der Waals surface area (Å²) in [6, 6.07) is 22.6. The number of nitriles is 1. The van der Waals surface area contributed by atoms with Crippen LogP contribution in [0, 0.1) is 11.3 Å². The number of thioether (sulfide) groups is 1. The minimum absolute atomic E-state index is 0.534. The minimum atomic E-state index is 0.534. The van der Waals surface area contributed by atoms with Crippen LogP contribution in [0.2, 0.25) is 0 Å². The van der Waals surface area contributed by atoms with Crippen molar-refractivity contribution in [1.82, 2.24) is 4.98 Å². The van der Waals surface area contributed by atoms with Crippen LogP contribution in [-0.4, -0.2) is 11.6 Å². The van der Waals surface area contributed by atoms with Gasteiger partial charge in [-0.3, -0.25) is 4.98 Å². The molecule has 0 aliphatic rings. The lowest BCUT2D eigenvalue weighted by Crippen LogP contribution is -1.96. The van der Waals surface area contributed by atoms with Gasteiger partial charge in [0.25, 0.3) is 0 Å². The SMILES string of the molecule is N#CCCCOc1ccc(SCc2ccc3ccccc3n2)cc1. The normalized spacial score (nSPS) is 10.5. The number of aromatic nitrogens is 1. The van der Waals surface area contributed by atoms with E-state index in [0.29, 0.717) is 13.0 Å². The van der Waals surface area contributed by atoms with Crippen molar-refractivity contribution in [3.63, 3.8) is 0 Å². The Bertz CT molecular complexity index is 840. The Kier molecular flexibility index (Phi) is 5.70. The second kappa shape index (κ2) is 8.37. The van der Waals surface area contributed by atoms with Crippen molar-refractivity contribution in [2.45, 2.75) is 23.5 Å². The second-order valence-electron chi connectivity index (χ2n) is 5.37. The van der Waals surface area contributed by atoms with Crippen LogP contribution in [0.15, 0.2) is 65.6 Å². The standard InChI is InChI=1S/C20H18N2OS/c21-13-3-4-14-23-18-9-11-19(12-10-18)24-15-17-8-7-16-5-1-2-6-20(16)22-17/h1-2,5-12H,3-4,14-15H2. The van der Waals surface area contributed by atoms with Crippen LogP contribution in [0.3, 0.4) is 0 Å². The van der Waals surface area contributed by atoms with E-state index in [1.54, 1.807) is 11.8 Å². The van der Waals surface area contributed by atoms with Crippen LogP contribution in [0.4, 0.5) is 0 Å². The van der Waals surface area contributed by atoms with Gasteiger partial charge in [0.2, 0.25) is 0 Å². The molecule has 0 fully saturated rings. The molecule has 0 spiro atoms. The molecule has 0 unspecified atom stereocenters. The smallest absolute Gasteiger partial charge is 0.119 e. The predicted molar refractivity (Wildman–Crippen MR) is 98.1 cm³/mol. The quantitative estimate of drug-likeness (QED) is 0.439. The van der Waals surface area contributed by atoms with Crippen molar-refractivity contribution in [1.29, 1.82) is 5.26 Å². The molecule has 0 saturated heterocycles. The van der Waals surface area contributed by atoms with Crippen molar-refractivity contribution in [2.75, 3.05) is 6.61 Å². The van der Waals surface area contributed by atoms with Gasteiger partial charge < -0.3 is 4.74 Å². The third-order valence-corrected chi connectivity index (χ3v) is 4.61. The van der Waals surface area contributed by atoms with E-state index in [1.165, 1.54) is 10.3 Å². The van der Waals surface area contributed by atoms with E-state index in [2.05, 4.69) is 36.4 Å². The summed E-state index contributed by atoms with van der Waals surface area (Å²) in [6.45, 7) is 0.584. The van der Waals surface area contributed by atoms with E-state index < -0.39 is 0 Å². The van der Waals surface area contributed by atoms with Gasteiger partial charge in [-0.05, 0) is 42.8 Å². The highest BCUT2D eigenvalue weighted by Crippen LogP contribution is 2.25. The fourth-order valence-electron chi connectivity index (χ4n) is 2.32. The molecule has 1 heterocycles. The van der Waals surface area contributed by atoms with Gasteiger partial charge in [0, 0.05) is 22.5 Å². The Morgan fingerprint density at radius 1 is 1.00 bits per heavy atom. The molecule has 0 atom stereocenters. The van der Waals surface area contributed by atoms with Gasteiger partial charge in [0.05, 0.1) is 23.9 Å². The fourth-order valence-corrected chi connectivity index (χ4v) is 3.12. The molecule has 3 rings (SSSR count). The summed E-state index contributed by atoms with van der Waals surface area (Å²) in [4.78, 5) is 5.88. The predicted octanol–water partition coefficient (Wildman–Crippen LogP) is 5.21. The Morgan fingerprint density at radius 3 is 2.67 bits per heavy atom. The molecule has 3 aromatic rings. The molecule has 0 N–H and O–H groups in total. The fraction of sp³-hybridized carbons (Fsp3) is 0.200. The molecular formula is C20H18N2OS. The topological polar surface area (TPSA) is 45.9 Å². The number of rotatable bonds is 7. The van der Waals surface area contributed by atoms with Crippen molar-refractivity contribution in [3.05, 3.63) is 66.4 Å². The van der Waals surface area contributed by atoms with Gasteiger partial charge in [0.15, 0.2) is 0 Å². The highest BCUT2D eigenvalue weighted by Gasteiger charge is 2.01. The number of nitrogens with zero attached hydrogens (tertiary/aromatic N) is 2. The molecule has 0 amide bonds. The molecule has 0 aliphatic heterocycles. The monoisotopic (exact) mass is 334 g/mol. The largest absolute Gasteiger partial charge is 0.494 e. The zero-order valence-electron chi connectivity index (χ0n) is 13.3. The average Bonchev–Trinajstić information content (AvgIpc) is 2.64. The maximum Gasteiger partial charge on any atom is 0.119 e. The molecule has 4 heteroatoms. The number of benzene rings is 2. The van der Waals surface area contributed by atoms with Gasteiger partial charge >= 0.3 is 0 Å². The number of hydrogen-bond acceptors (Lipinski definition) is 4. The molecule has 2 aromatic carbocycles. The summed E-state index contributed by atoms with van der Waals surface area (Å²) in [6.07, 6.45) is 1.30. The lowest BCUT2D eigenvalue weighted by Gasteiger charge is -2.06. The zero-order valence-corrected chi connectivity index (χ0v) is 14.1. The summed E-state index contributed by atoms with van der Waals surface area (Å²) < 4.78 is 5.60. The van der Waals surface area contributed by atoms with Crippen LogP contribution < -0.4 is 4.74 Å². The maximum absolute atomic E-state index is 8.50.